The topological polar surface area (TPSA) is 52.9 Å². The van der Waals surface area contributed by atoms with Gasteiger partial charge in [-0.15, -0.1) is 11.3 Å². The Bertz CT molecular complexity index is 401. The number of thiophene rings is 1. The van der Waals surface area contributed by atoms with Crippen molar-refractivity contribution in [2.45, 2.75) is 19.8 Å². The first kappa shape index (κ1) is 12.5. The van der Waals surface area contributed by atoms with Gasteiger partial charge in [0.05, 0.1) is 0 Å². The number of nitriles is 1. The van der Waals surface area contributed by atoms with Crippen molar-refractivity contribution < 1.29 is 4.79 Å². The number of hydrogen-bond acceptors (Lipinski definition) is 3. The molecule has 1 aromatic rings. The zero-order valence-corrected chi connectivity index (χ0v) is 10.0. The van der Waals surface area contributed by atoms with E-state index in [0.29, 0.717) is 6.54 Å². The highest BCUT2D eigenvalue weighted by atomic mass is 32.1. The average Bonchev–Trinajstić information content (AvgIpc) is 2.78. The molecule has 3 nitrogen and oxygen atoms in total. The van der Waals surface area contributed by atoms with Crippen LogP contribution in [-0.2, 0) is 4.79 Å². The molecule has 1 heterocycles. The van der Waals surface area contributed by atoms with E-state index in [-0.39, 0.29) is 11.5 Å². The van der Waals surface area contributed by atoms with Crippen LogP contribution in [0, 0.1) is 11.3 Å². The molecule has 0 aliphatic rings. The van der Waals surface area contributed by atoms with Crippen molar-refractivity contribution in [3.63, 3.8) is 0 Å². The van der Waals surface area contributed by atoms with Crippen molar-refractivity contribution in [2.24, 2.45) is 0 Å². The van der Waals surface area contributed by atoms with Gasteiger partial charge in [0.25, 0.3) is 5.91 Å². The summed E-state index contributed by atoms with van der Waals surface area (Å²) < 4.78 is 0. The molecule has 1 amide bonds. The Morgan fingerprint density at radius 2 is 2.50 bits per heavy atom. The molecule has 0 unspecified atom stereocenters. The standard InChI is InChI=1S/C12H14N2OS/c1-2-3-6-14-12(15)10(9-13)8-11-5-4-7-16-11/h4-5,7-8H,2-3,6H2,1H3,(H,14,15)/b10-8-. The summed E-state index contributed by atoms with van der Waals surface area (Å²) in [6.45, 7) is 2.68. The molecule has 16 heavy (non-hydrogen) atoms. The molecule has 0 fully saturated rings. The molecule has 0 saturated carbocycles. The lowest BCUT2D eigenvalue weighted by Crippen LogP contribution is -2.25. The van der Waals surface area contributed by atoms with E-state index >= 15 is 0 Å². The predicted molar refractivity (Wildman–Crippen MR) is 65.8 cm³/mol. The molecule has 0 bridgehead atoms. The van der Waals surface area contributed by atoms with Crippen LogP contribution in [0.4, 0.5) is 0 Å². The van der Waals surface area contributed by atoms with E-state index in [1.807, 2.05) is 23.6 Å². The summed E-state index contributed by atoms with van der Waals surface area (Å²) in [5.41, 5.74) is 0.165. The lowest BCUT2D eigenvalue weighted by molar-refractivity contribution is -0.117. The van der Waals surface area contributed by atoms with Crippen molar-refractivity contribution >= 4 is 23.3 Å². The molecule has 84 valence electrons. The van der Waals surface area contributed by atoms with E-state index in [1.54, 1.807) is 6.08 Å². The van der Waals surface area contributed by atoms with Crippen LogP contribution in [0.15, 0.2) is 23.1 Å². The molecule has 0 saturated heterocycles. The van der Waals surface area contributed by atoms with Crippen LogP contribution in [0.25, 0.3) is 6.08 Å². The third-order valence-electron chi connectivity index (χ3n) is 2.01. The second-order valence-corrected chi connectivity index (χ2v) is 4.27. The zero-order chi connectivity index (χ0) is 11.8. The molecule has 1 rings (SSSR count). The number of nitrogens with zero attached hydrogens (tertiary/aromatic N) is 1. The third-order valence-corrected chi connectivity index (χ3v) is 2.83. The van der Waals surface area contributed by atoms with Crippen molar-refractivity contribution in [3.05, 3.63) is 28.0 Å². The minimum absolute atomic E-state index is 0.165. The first-order chi connectivity index (χ1) is 7.77. The van der Waals surface area contributed by atoms with Crippen LogP contribution in [-0.4, -0.2) is 12.5 Å². The van der Waals surface area contributed by atoms with Crippen LogP contribution in [0.5, 0.6) is 0 Å². The minimum Gasteiger partial charge on any atom is -0.351 e. The third kappa shape index (κ3) is 3.87. The molecule has 0 spiro atoms. The number of nitrogens with one attached hydrogen (secondary N) is 1. The summed E-state index contributed by atoms with van der Waals surface area (Å²) in [7, 11) is 0. The number of hydrogen-bond donors (Lipinski definition) is 1. The second kappa shape index (κ2) is 6.81. The van der Waals surface area contributed by atoms with Crippen molar-refractivity contribution in [3.8, 4) is 6.07 Å². The van der Waals surface area contributed by atoms with E-state index < -0.39 is 0 Å². The highest BCUT2D eigenvalue weighted by Crippen LogP contribution is 2.13. The van der Waals surface area contributed by atoms with Gasteiger partial charge in [-0.2, -0.15) is 5.26 Å². The Hall–Kier alpha value is -1.60. The summed E-state index contributed by atoms with van der Waals surface area (Å²) in [5, 5.41) is 13.5. The first-order valence-corrected chi connectivity index (χ1v) is 6.09. The molecular weight excluding hydrogens is 220 g/mol. The summed E-state index contributed by atoms with van der Waals surface area (Å²) in [4.78, 5) is 12.5. The normalized spacial score (nSPS) is 10.9. The highest BCUT2D eigenvalue weighted by molar-refractivity contribution is 7.10. The van der Waals surface area contributed by atoms with E-state index in [1.165, 1.54) is 11.3 Å². The van der Waals surface area contributed by atoms with E-state index in [2.05, 4.69) is 12.2 Å². The van der Waals surface area contributed by atoms with Gasteiger partial charge in [-0.3, -0.25) is 4.79 Å². The first-order valence-electron chi connectivity index (χ1n) is 5.21. The quantitative estimate of drug-likeness (QED) is 0.483. The summed E-state index contributed by atoms with van der Waals surface area (Å²) in [6.07, 6.45) is 3.58. The molecule has 0 radical (unpaired) electrons. The van der Waals surface area contributed by atoms with Gasteiger partial charge in [0.15, 0.2) is 0 Å². The van der Waals surface area contributed by atoms with E-state index in [9.17, 15) is 4.79 Å². The average molecular weight is 234 g/mol. The molecule has 1 aromatic heterocycles. The van der Waals surface area contributed by atoms with Crippen LogP contribution in [0.3, 0.4) is 0 Å². The van der Waals surface area contributed by atoms with Crippen LogP contribution >= 0.6 is 11.3 Å². The van der Waals surface area contributed by atoms with Gasteiger partial charge in [-0.25, -0.2) is 0 Å². The van der Waals surface area contributed by atoms with Gasteiger partial charge in [0.1, 0.15) is 11.6 Å². The molecule has 0 aliphatic heterocycles. The zero-order valence-electron chi connectivity index (χ0n) is 9.19. The minimum atomic E-state index is -0.288. The Kier molecular flexibility index (Phi) is 5.30. The Morgan fingerprint density at radius 3 is 3.06 bits per heavy atom. The van der Waals surface area contributed by atoms with Crippen LogP contribution in [0.1, 0.15) is 24.6 Å². The predicted octanol–water partition coefficient (Wildman–Crippen LogP) is 2.57. The lowest BCUT2D eigenvalue weighted by Gasteiger charge is -2.01. The number of rotatable bonds is 5. The Morgan fingerprint density at radius 1 is 1.69 bits per heavy atom. The van der Waals surface area contributed by atoms with Gasteiger partial charge >= 0.3 is 0 Å². The van der Waals surface area contributed by atoms with Gasteiger partial charge in [0, 0.05) is 11.4 Å². The number of unbranched alkanes of at least 4 members (excludes halogenated alkanes) is 1. The summed E-state index contributed by atoms with van der Waals surface area (Å²) in [5.74, 6) is -0.288. The smallest absolute Gasteiger partial charge is 0.261 e. The van der Waals surface area contributed by atoms with Gasteiger partial charge in [-0.05, 0) is 23.9 Å². The van der Waals surface area contributed by atoms with Crippen molar-refractivity contribution in [2.75, 3.05) is 6.54 Å². The largest absolute Gasteiger partial charge is 0.351 e. The number of carbonyl (C=O) groups is 1. The van der Waals surface area contributed by atoms with E-state index in [4.69, 9.17) is 5.26 Å². The second-order valence-electron chi connectivity index (χ2n) is 3.29. The Labute approximate surface area is 99.4 Å². The molecule has 1 N–H and O–H groups in total. The van der Waals surface area contributed by atoms with Crippen LogP contribution in [0.2, 0.25) is 0 Å². The maximum atomic E-state index is 11.6. The molecule has 0 aromatic carbocycles. The van der Waals surface area contributed by atoms with Crippen molar-refractivity contribution in [1.29, 1.82) is 5.26 Å². The lowest BCUT2D eigenvalue weighted by atomic mass is 10.2. The molecular formula is C12H14N2OS. The maximum Gasteiger partial charge on any atom is 0.261 e. The Balaban J connectivity index is 2.61. The van der Waals surface area contributed by atoms with Crippen molar-refractivity contribution in [1.82, 2.24) is 5.32 Å². The summed E-state index contributed by atoms with van der Waals surface area (Å²) in [6, 6.07) is 5.69. The van der Waals surface area contributed by atoms with E-state index in [0.717, 1.165) is 17.7 Å². The SMILES string of the molecule is CCCCNC(=O)/C(C#N)=C\c1cccs1. The molecule has 4 heteroatoms. The fourth-order valence-corrected chi connectivity index (χ4v) is 1.80. The fourth-order valence-electron chi connectivity index (χ4n) is 1.14. The highest BCUT2D eigenvalue weighted by Gasteiger charge is 2.07. The summed E-state index contributed by atoms with van der Waals surface area (Å²) >= 11 is 1.50. The van der Waals surface area contributed by atoms with Gasteiger partial charge in [0.2, 0.25) is 0 Å². The number of carbonyl (C=O) groups excluding carboxylic acids is 1. The van der Waals surface area contributed by atoms with Gasteiger partial charge < -0.3 is 5.32 Å². The molecule has 0 aliphatic carbocycles. The maximum absolute atomic E-state index is 11.6. The monoisotopic (exact) mass is 234 g/mol. The van der Waals surface area contributed by atoms with Crippen LogP contribution < -0.4 is 5.32 Å². The fraction of sp³-hybridized carbons (Fsp3) is 0.333. The molecule has 0 atom stereocenters. The van der Waals surface area contributed by atoms with Gasteiger partial charge in [-0.1, -0.05) is 19.4 Å². The number of amides is 1.